The van der Waals surface area contributed by atoms with Crippen LogP contribution in [0, 0.1) is 0 Å². The van der Waals surface area contributed by atoms with Crippen molar-refractivity contribution in [1.29, 1.82) is 0 Å². The molecule has 0 unspecified atom stereocenters. The van der Waals surface area contributed by atoms with Crippen molar-refractivity contribution >= 4 is 28.4 Å². The van der Waals surface area contributed by atoms with Crippen molar-refractivity contribution in [2.24, 2.45) is 0 Å². The summed E-state index contributed by atoms with van der Waals surface area (Å²) in [6.45, 7) is 0. The van der Waals surface area contributed by atoms with Crippen molar-refractivity contribution in [3.05, 3.63) is 174 Å². The predicted octanol–water partition coefficient (Wildman–Crippen LogP) is 9.58. The Bertz CT molecular complexity index is 1790. The molecule has 1 N–H and O–H groups in total. The first-order valence-electron chi connectivity index (χ1n) is 13.5. The van der Waals surface area contributed by atoms with Crippen LogP contribution < -0.4 is 10.2 Å². The van der Waals surface area contributed by atoms with Crippen molar-refractivity contribution in [3.63, 3.8) is 0 Å². The van der Waals surface area contributed by atoms with E-state index in [9.17, 15) is 0 Å². The van der Waals surface area contributed by atoms with Gasteiger partial charge in [-0.25, -0.2) is 0 Å². The first-order chi connectivity index (χ1) is 19.4. The molecule has 0 fully saturated rings. The molecule has 1 heterocycles. The van der Waals surface area contributed by atoms with E-state index in [1.807, 2.05) is 0 Å². The summed E-state index contributed by atoms with van der Waals surface area (Å²) in [5.41, 5.74) is 13.2. The smallest absolute Gasteiger partial charge is 0.0755 e. The Morgan fingerprint density at radius 1 is 0.436 bits per heavy atom. The lowest BCUT2D eigenvalue weighted by molar-refractivity contribution is 0.753. The van der Waals surface area contributed by atoms with Crippen LogP contribution in [0.15, 0.2) is 152 Å². The molecule has 2 nitrogen and oxygen atoms in total. The molecule has 2 heteroatoms. The first kappa shape index (κ1) is 22.0. The Labute approximate surface area is 228 Å². The topological polar surface area (TPSA) is 15.3 Å². The third kappa shape index (κ3) is 3.03. The minimum atomic E-state index is -0.432. The highest BCUT2D eigenvalue weighted by molar-refractivity contribution is 5.99. The summed E-state index contributed by atoms with van der Waals surface area (Å²) in [7, 11) is 0. The lowest BCUT2D eigenvalue weighted by Gasteiger charge is -2.45. The number of nitrogens with one attached hydrogen (secondary N) is 1. The van der Waals surface area contributed by atoms with E-state index in [4.69, 9.17) is 0 Å². The molecule has 0 radical (unpaired) electrons. The van der Waals surface area contributed by atoms with Crippen LogP contribution >= 0.6 is 0 Å². The number of benzene rings is 6. The average Bonchev–Trinajstić information content (AvgIpc) is 3.30. The molecule has 0 saturated carbocycles. The van der Waals surface area contributed by atoms with Crippen molar-refractivity contribution in [1.82, 2.24) is 0 Å². The minimum absolute atomic E-state index is 0.432. The van der Waals surface area contributed by atoms with Gasteiger partial charge >= 0.3 is 0 Å². The van der Waals surface area contributed by atoms with Gasteiger partial charge in [0, 0.05) is 22.6 Å². The number of nitrogens with zero attached hydrogens (tertiary/aromatic N) is 1. The van der Waals surface area contributed by atoms with Gasteiger partial charge in [0.1, 0.15) is 0 Å². The normalized spacial score (nSPS) is 13.8. The van der Waals surface area contributed by atoms with Crippen molar-refractivity contribution < 1.29 is 0 Å². The van der Waals surface area contributed by atoms with Gasteiger partial charge < -0.3 is 10.2 Å². The molecule has 8 rings (SSSR count). The van der Waals surface area contributed by atoms with Crippen LogP contribution in [0.3, 0.4) is 0 Å². The molecule has 0 bridgehead atoms. The predicted molar refractivity (Wildman–Crippen MR) is 162 cm³/mol. The molecule has 6 aromatic rings. The molecule has 0 saturated heterocycles. The lowest BCUT2D eigenvalue weighted by atomic mass is 9.64. The number of para-hydroxylation sites is 4. The van der Waals surface area contributed by atoms with Gasteiger partial charge in [-0.15, -0.1) is 0 Å². The van der Waals surface area contributed by atoms with Gasteiger partial charge in [-0.05, 0) is 70.3 Å². The van der Waals surface area contributed by atoms with Crippen LogP contribution in [-0.4, -0.2) is 0 Å². The van der Waals surface area contributed by atoms with Gasteiger partial charge in [0.15, 0.2) is 0 Å². The first-order valence-corrected chi connectivity index (χ1v) is 13.5. The van der Waals surface area contributed by atoms with Crippen LogP contribution in [-0.2, 0) is 5.41 Å². The zero-order valence-electron chi connectivity index (χ0n) is 21.4. The van der Waals surface area contributed by atoms with E-state index >= 15 is 0 Å². The average molecular weight is 499 g/mol. The molecule has 1 aliphatic carbocycles. The molecular formula is C37H26N2. The van der Waals surface area contributed by atoms with Gasteiger partial charge in [0.2, 0.25) is 0 Å². The summed E-state index contributed by atoms with van der Waals surface area (Å²) in [6, 6.07) is 54.7. The maximum atomic E-state index is 3.74. The van der Waals surface area contributed by atoms with Crippen LogP contribution in [0.1, 0.15) is 22.3 Å². The summed E-state index contributed by atoms with van der Waals surface area (Å²) in [5, 5.41) is 3.74. The Morgan fingerprint density at radius 2 is 0.974 bits per heavy atom. The molecule has 2 aliphatic rings. The summed E-state index contributed by atoms with van der Waals surface area (Å²) in [4.78, 5) is 2.42. The Balaban J connectivity index is 1.48. The van der Waals surface area contributed by atoms with Crippen LogP contribution in [0.5, 0.6) is 0 Å². The highest BCUT2D eigenvalue weighted by Crippen LogP contribution is 2.64. The molecular weight excluding hydrogens is 472 g/mol. The lowest BCUT2D eigenvalue weighted by Crippen LogP contribution is -2.36. The van der Waals surface area contributed by atoms with Crippen molar-refractivity contribution in [3.8, 4) is 11.1 Å². The highest BCUT2D eigenvalue weighted by Gasteiger charge is 2.52. The molecule has 6 aromatic carbocycles. The quantitative estimate of drug-likeness (QED) is 0.261. The number of hydrogen-bond donors (Lipinski definition) is 1. The fourth-order valence-corrected chi connectivity index (χ4v) is 6.79. The second kappa shape index (κ2) is 8.47. The van der Waals surface area contributed by atoms with Gasteiger partial charge in [-0.3, -0.25) is 0 Å². The van der Waals surface area contributed by atoms with E-state index in [2.05, 4.69) is 162 Å². The molecule has 184 valence electrons. The number of hydrogen-bond acceptors (Lipinski definition) is 2. The summed E-state index contributed by atoms with van der Waals surface area (Å²) >= 11 is 0. The largest absolute Gasteiger partial charge is 0.355 e. The van der Waals surface area contributed by atoms with Crippen molar-refractivity contribution in [2.75, 3.05) is 10.2 Å². The van der Waals surface area contributed by atoms with Gasteiger partial charge in [0.05, 0.1) is 16.8 Å². The van der Waals surface area contributed by atoms with E-state index in [-0.39, 0.29) is 0 Å². The molecule has 0 atom stereocenters. The summed E-state index contributed by atoms with van der Waals surface area (Å²) in [5.74, 6) is 0. The van der Waals surface area contributed by atoms with Crippen molar-refractivity contribution in [2.45, 2.75) is 5.41 Å². The SMILES string of the molecule is c1ccc(Nc2cccc3c2-c2ccccc2C32c3ccccc3N(c3ccccc3)c3ccccc32)cc1. The molecule has 0 aromatic heterocycles. The van der Waals surface area contributed by atoms with E-state index in [1.165, 1.54) is 50.4 Å². The van der Waals surface area contributed by atoms with E-state index in [0.29, 0.717) is 0 Å². The molecule has 1 aliphatic heterocycles. The van der Waals surface area contributed by atoms with Gasteiger partial charge in [-0.2, -0.15) is 0 Å². The fourth-order valence-electron chi connectivity index (χ4n) is 6.79. The zero-order valence-corrected chi connectivity index (χ0v) is 21.4. The van der Waals surface area contributed by atoms with E-state index in [0.717, 1.165) is 11.4 Å². The number of rotatable bonds is 3. The van der Waals surface area contributed by atoms with E-state index < -0.39 is 5.41 Å². The van der Waals surface area contributed by atoms with Gasteiger partial charge in [-0.1, -0.05) is 109 Å². The fraction of sp³-hybridized carbons (Fsp3) is 0.0270. The maximum absolute atomic E-state index is 3.74. The Morgan fingerprint density at radius 3 is 1.67 bits per heavy atom. The second-order valence-corrected chi connectivity index (χ2v) is 10.2. The standard InChI is InChI=1S/C37H26N2/c1-3-14-26(15-4-1)38-33-23-13-22-32-36(33)28-18-7-8-19-29(28)37(32)30-20-9-11-24-34(30)39(27-16-5-2-6-17-27)35-25-12-10-21-31(35)37/h1-25,38H. The zero-order chi connectivity index (χ0) is 25.8. The maximum Gasteiger partial charge on any atom is 0.0755 e. The molecule has 39 heavy (non-hydrogen) atoms. The summed E-state index contributed by atoms with van der Waals surface area (Å²) < 4.78 is 0. The van der Waals surface area contributed by atoms with Gasteiger partial charge in [0.25, 0.3) is 0 Å². The highest BCUT2D eigenvalue weighted by atomic mass is 15.2. The van der Waals surface area contributed by atoms with E-state index in [1.54, 1.807) is 0 Å². The third-order valence-electron chi connectivity index (χ3n) is 8.23. The third-order valence-corrected chi connectivity index (χ3v) is 8.23. The molecule has 0 amide bonds. The Hall–Kier alpha value is -5.08. The van der Waals surface area contributed by atoms with Crippen LogP contribution in [0.4, 0.5) is 28.4 Å². The van der Waals surface area contributed by atoms with Crippen LogP contribution in [0.2, 0.25) is 0 Å². The molecule has 1 spiro atoms. The minimum Gasteiger partial charge on any atom is -0.355 e. The van der Waals surface area contributed by atoms with Crippen LogP contribution in [0.25, 0.3) is 11.1 Å². The number of fused-ring (bicyclic) bond motifs is 9. The Kier molecular flexibility index (Phi) is 4.77. The summed E-state index contributed by atoms with van der Waals surface area (Å²) in [6.07, 6.45) is 0. The number of anilines is 5. The monoisotopic (exact) mass is 498 g/mol. The second-order valence-electron chi connectivity index (χ2n) is 10.2.